The molecule has 2 aliphatic rings. The van der Waals surface area contributed by atoms with Gasteiger partial charge in [0, 0.05) is 60.8 Å². The van der Waals surface area contributed by atoms with Crippen molar-refractivity contribution in [1.82, 2.24) is 25.0 Å². The molecule has 198 valence electrons. The predicted molar refractivity (Wildman–Crippen MR) is 139 cm³/mol. The number of nitrogens with one attached hydrogen (secondary N) is 1. The summed E-state index contributed by atoms with van der Waals surface area (Å²) in [5.74, 6) is -0.776. The van der Waals surface area contributed by atoms with Crippen LogP contribution in [0.2, 0.25) is 0 Å². The van der Waals surface area contributed by atoms with Crippen LogP contribution in [0.4, 0.5) is 8.78 Å². The van der Waals surface area contributed by atoms with Gasteiger partial charge in [0.1, 0.15) is 11.6 Å². The number of rotatable bonds is 8. The minimum absolute atomic E-state index is 0.0941. The highest BCUT2D eigenvalue weighted by Gasteiger charge is 2.38. The molecule has 1 unspecified atom stereocenters. The van der Waals surface area contributed by atoms with Crippen molar-refractivity contribution in [2.45, 2.75) is 96.6 Å². The molecule has 1 aliphatic heterocycles. The molecule has 3 heterocycles. The number of aromatic nitrogens is 3. The van der Waals surface area contributed by atoms with E-state index in [0.717, 1.165) is 54.6 Å². The summed E-state index contributed by atoms with van der Waals surface area (Å²) in [6.07, 6.45) is 2.69. The molecule has 1 aliphatic carbocycles. The zero-order valence-corrected chi connectivity index (χ0v) is 22.7. The first-order valence-corrected chi connectivity index (χ1v) is 14.0. The van der Waals surface area contributed by atoms with Gasteiger partial charge in [-0.2, -0.15) is 0 Å². The van der Waals surface area contributed by atoms with Gasteiger partial charge in [-0.25, -0.2) is 8.78 Å². The van der Waals surface area contributed by atoms with Crippen molar-refractivity contribution in [2.24, 2.45) is 5.92 Å². The van der Waals surface area contributed by atoms with E-state index in [4.69, 9.17) is 0 Å². The van der Waals surface area contributed by atoms with Crippen LogP contribution in [0, 0.1) is 19.8 Å². The Labute approximate surface area is 217 Å². The fourth-order valence-electron chi connectivity index (χ4n) is 5.49. The lowest BCUT2D eigenvalue weighted by molar-refractivity contribution is -0.130. The van der Waals surface area contributed by atoms with Gasteiger partial charge in [0.05, 0.1) is 6.04 Å². The molecule has 1 saturated carbocycles. The van der Waals surface area contributed by atoms with E-state index in [1.54, 1.807) is 11.3 Å². The summed E-state index contributed by atoms with van der Waals surface area (Å²) in [5.41, 5.74) is 2.26. The van der Waals surface area contributed by atoms with Crippen LogP contribution in [-0.4, -0.2) is 44.6 Å². The number of hydrogen-bond donors (Lipinski definition) is 1. The van der Waals surface area contributed by atoms with E-state index < -0.39 is 5.92 Å². The van der Waals surface area contributed by atoms with Gasteiger partial charge in [-0.1, -0.05) is 20.4 Å². The first-order chi connectivity index (χ1) is 17.0. The van der Waals surface area contributed by atoms with E-state index in [1.165, 1.54) is 5.56 Å². The predicted octanol–water partition coefficient (Wildman–Crippen LogP) is 6.30. The summed E-state index contributed by atoms with van der Waals surface area (Å²) >= 11 is 1.65. The lowest BCUT2D eigenvalue weighted by Gasteiger charge is -2.37. The molecule has 1 amide bonds. The van der Waals surface area contributed by atoms with Crippen LogP contribution in [0.15, 0.2) is 23.7 Å². The molecule has 6 nitrogen and oxygen atoms in total. The average Bonchev–Trinajstić information content (AvgIpc) is 3.42. The number of likely N-dealkylation sites (tertiary alicyclic amines) is 1. The second-order valence-corrected chi connectivity index (χ2v) is 11.8. The monoisotopic (exact) mass is 519 g/mol. The number of nitrogens with zero attached hydrogens (tertiary/aromatic N) is 4. The third-order valence-electron chi connectivity index (χ3n) is 7.61. The second kappa shape index (κ2) is 11.0. The molecule has 36 heavy (non-hydrogen) atoms. The van der Waals surface area contributed by atoms with E-state index in [-0.39, 0.29) is 43.6 Å². The highest BCUT2D eigenvalue weighted by Crippen LogP contribution is 2.37. The zero-order valence-electron chi connectivity index (χ0n) is 21.9. The number of alkyl halides is 2. The van der Waals surface area contributed by atoms with Crippen molar-refractivity contribution in [3.05, 3.63) is 45.8 Å². The fourth-order valence-corrected chi connectivity index (χ4v) is 6.47. The van der Waals surface area contributed by atoms with E-state index in [1.807, 2.05) is 13.8 Å². The molecular weight excluding hydrogens is 480 g/mol. The normalized spacial score (nSPS) is 21.7. The highest BCUT2D eigenvalue weighted by molar-refractivity contribution is 7.10. The molecule has 1 N–H and O–H groups in total. The number of piperidine rings is 1. The number of aryl methyl sites for hydroxylation is 2. The summed E-state index contributed by atoms with van der Waals surface area (Å²) in [7, 11) is 0. The van der Waals surface area contributed by atoms with Crippen LogP contribution in [0.3, 0.4) is 0 Å². The number of thiophene rings is 1. The van der Waals surface area contributed by atoms with Gasteiger partial charge in [0.2, 0.25) is 11.8 Å². The Balaban J connectivity index is 1.38. The van der Waals surface area contributed by atoms with E-state index >= 15 is 0 Å². The minimum Gasteiger partial charge on any atom is -0.375 e. The Hall–Kier alpha value is -2.29. The number of carbonyl (C=O) groups excluding carboxylic acids is 1. The Morgan fingerprint density at radius 1 is 1.25 bits per heavy atom. The topological polar surface area (TPSA) is 63.1 Å². The number of allylic oxidation sites excluding steroid dienone is 1. The van der Waals surface area contributed by atoms with Gasteiger partial charge in [-0.15, -0.1) is 21.5 Å². The molecule has 1 saturated heterocycles. The number of amides is 1. The van der Waals surface area contributed by atoms with Crippen molar-refractivity contribution < 1.29 is 13.6 Å². The third-order valence-corrected chi connectivity index (χ3v) is 8.78. The minimum atomic E-state index is -2.63. The van der Waals surface area contributed by atoms with Crippen LogP contribution in [0.25, 0.3) is 0 Å². The van der Waals surface area contributed by atoms with E-state index in [9.17, 15) is 13.6 Å². The lowest BCUT2D eigenvalue weighted by Crippen LogP contribution is -2.39. The molecule has 0 radical (unpaired) electrons. The van der Waals surface area contributed by atoms with Gasteiger partial charge in [-0.05, 0) is 56.5 Å². The van der Waals surface area contributed by atoms with Crippen LogP contribution < -0.4 is 5.32 Å². The summed E-state index contributed by atoms with van der Waals surface area (Å²) < 4.78 is 29.4. The fraction of sp³-hybridized carbons (Fsp3) is 0.667. The van der Waals surface area contributed by atoms with Crippen molar-refractivity contribution in [3.63, 3.8) is 0 Å². The third kappa shape index (κ3) is 6.15. The van der Waals surface area contributed by atoms with E-state index in [0.29, 0.717) is 12.0 Å². The summed E-state index contributed by atoms with van der Waals surface area (Å²) in [6, 6.07) is 2.30. The van der Waals surface area contributed by atoms with E-state index in [2.05, 4.69) is 56.9 Å². The Kier molecular flexibility index (Phi) is 8.17. The summed E-state index contributed by atoms with van der Waals surface area (Å²) in [6.45, 7) is 14.4. The summed E-state index contributed by atoms with van der Waals surface area (Å²) in [5, 5.41) is 14.0. The van der Waals surface area contributed by atoms with Crippen LogP contribution >= 0.6 is 11.3 Å². The lowest BCUT2D eigenvalue weighted by atomic mass is 9.86. The molecule has 4 rings (SSSR count). The molecule has 2 aromatic heterocycles. The molecule has 0 spiro atoms. The SMILES string of the molecule is C=C1CC(n2c(C)nnc2C(C)C)CCN1CC[C@H](NC(=O)C1CCC(F)(F)CC1)c1cc(C)cs1. The zero-order chi connectivity index (χ0) is 26.0. The maximum absolute atomic E-state index is 13.6. The maximum atomic E-state index is 13.6. The van der Waals surface area contributed by atoms with Gasteiger partial charge < -0.3 is 14.8 Å². The number of halogens is 2. The highest BCUT2D eigenvalue weighted by atomic mass is 32.1. The molecular formula is C27H39F2N5OS. The molecule has 0 aromatic carbocycles. The van der Waals surface area contributed by atoms with Gasteiger partial charge in [0.15, 0.2) is 0 Å². The molecule has 2 atom stereocenters. The van der Waals surface area contributed by atoms with Gasteiger partial charge in [-0.3, -0.25) is 4.79 Å². The number of hydrogen-bond acceptors (Lipinski definition) is 5. The first kappa shape index (κ1) is 26.8. The van der Waals surface area contributed by atoms with Crippen molar-refractivity contribution in [1.29, 1.82) is 0 Å². The van der Waals surface area contributed by atoms with Crippen molar-refractivity contribution in [3.8, 4) is 0 Å². The average molecular weight is 520 g/mol. The molecule has 2 fully saturated rings. The second-order valence-electron chi connectivity index (χ2n) is 10.8. The Morgan fingerprint density at radius 3 is 2.58 bits per heavy atom. The van der Waals surface area contributed by atoms with Crippen molar-refractivity contribution >= 4 is 17.2 Å². The standard InChI is InChI=1S/C27H39F2N5OS/c1-17(2)25-32-31-20(5)34(25)22-8-12-33(19(4)15-22)13-9-23(24-14-18(3)16-36-24)30-26(35)21-6-10-27(28,29)11-7-21/h14,16-17,21-23H,4,6-13,15H2,1-3,5H3,(H,30,35)/t22?,23-/m0/s1. The van der Waals surface area contributed by atoms with Crippen LogP contribution in [-0.2, 0) is 4.79 Å². The van der Waals surface area contributed by atoms with Gasteiger partial charge >= 0.3 is 0 Å². The number of carbonyl (C=O) groups is 1. The van der Waals surface area contributed by atoms with Gasteiger partial charge in [0.25, 0.3) is 0 Å². The molecule has 0 bridgehead atoms. The Bertz CT molecular complexity index is 1070. The first-order valence-electron chi connectivity index (χ1n) is 13.1. The van der Waals surface area contributed by atoms with Crippen LogP contribution in [0.5, 0.6) is 0 Å². The largest absolute Gasteiger partial charge is 0.375 e. The van der Waals surface area contributed by atoms with Crippen LogP contribution in [0.1, 0.15) is 98.9 Å². The Morgan fingerprint density at radius 2 is 1.97 bits per heavy atom. The summed E-state index contributed by atoms with van der Waals surface area (Å²) in [4.78, 5) is 16.5. The van der Waals surface area contributed by atoms with Crippen molar-refractivity contribution in [2.75, 3.05) is 13.1 Å². The maximum Gasteiger partial charge on any atom is 0.248 e. The molecule has 2 aromatic rings. The molecule has 9 heteroatoms. The quantitative estimate of drug-likeness (QED) is 0.444. The smallest absolute Gasteiger partial charge is 0.248 e.